The van der Waals surface area contributed by atoms with Crippen LogP contribution in [-0.2, 0) is 9.59 Å². The highest BCUT2D eigenvalue weighted by molar-refractivity contribution is 5.91. The number of hydrogen-bond acceptors (Lipinski definition) is 2. The molecule has 3 atom stereocenters. The Morgan fingerprint density at radius 3 is 2.74 bits per heavy atom. The van der Waals surface area contributed by atoms with Crippen molar-refractivity contribution in [1.82, 2.24) is 4.90 Å². The molecule has 1 aliphatic carbocycles. The Hall–Kier alpha value is -1.84. The zero-order valence-corrected chi connectivity index (χ0v) is 11.3. The van der Waals surface area contributed by atoms with Gasteiger partial charge in [0.15, 0.2) is 0 Å². The molecule has 4 rings (SSSR count). The van der Waals surface area contributed by atoms with Crippen LogP contribution in [0.25, 0.3) is 0 Å². The lowest BCUT2D eigenvalue weighted by atomic mass is 9.60. The first-order chi connectivity index (χ1) is 8.86. The Kier molecular flexibility index (Phi) is 2.31. The maximum Gasteiger partial charge on any atom is 0.311 e. The van der Waals surface area contributed by atoms with E-state index in [1.165, 1.54) is 0 Å². The predicted molar refractivity (Wildman–Crippen MR) is 69.8 cm³/mol. The van der Waals surface area contributed by atoms with Crippen LogP contribution in [0.5, 0.6) is 0 Å². The summed E-state index contributed by atoms with van der Waals surface area (Å²) in [5, 5.41) is 9.57. The molecular formula is C15H17NO3. The number of piperidine rings is 1. The number of benzene rings is 1. The third-order valence-electron chi connectivity index (χ3n) is 4.67. The van der Waals surface area contributed by atoms with Crippen molar-refractivity contribution in [2.75, 3.05) is 7.05 Å². The molecule has 1 unspecified atom stereocenters. The van der Waals surface area contributed by atoms with Gasteiger partial charge in [0, 0.05) is 7.05 Å². The number of carboxylic acid groups (broad SMARTS) is 1. The molecule has 1 amide bonds. The molecule has 4 nitrogen and oxygen atoms in total. The van der Waals surface area contributed by atoms with Crippen molar-refractivity contribution in [3.8, 4) is 0 Å². The highest BCUT2D eigenvalue weighted by Crippen LogP contribution is 2.56. The lowest BCUT2D eigenvalue weighted by molar-refractivity contribution is -0.164. The first-order valence-corrected chi connectivity index (χ1v) is 6.47. The minimum atomic E-state index is -0.893. The minimum Gasteiger partial charge on any atom is -0.481 e. The number of nitrogens with zero attached hydrogens (tertiary/aromatic N) is 1. The molecule has 0 aromatic heterocycles. The number of fused-ring (bicyclic) bond motifs is 2. The van der Waals surface area contributed by atoms with Gasteiger partial charge in [-0.3, -0.25) is 9.59 Å². The van der Waals surface area contributed by atoms with Gasteiger partial charge in [0.2, 0.25) is 5.91 Å². The number of carboxylic acids is 1. The molecule has 100 valence electrons. The molecule has 2 aliphatic heterocycles. The van der Waals surface area contributed by atoms with E-state index in [4.69, 9.17) is 0 Å². The maximum absolute atomic E-state index is 12.3. The van der Waals surface area contributed by atoms with Gasteiger partial charge >= 0.3 is 5.97 Å². The summed E-state index contributed by atoms with van der Waals surface area (Å²) in [4.78, 5) is 25.6. The van der Waals surface area contributed by atoms with Crippen LogP contribution < -0.4 is 0 Å². The predicted octanol–water partition coefficient (Wildman–Crippen LogP) is 2.09. The molecule has 1 aromatic carbocycles. The summed E-state index contributed by atoms with van der Waals surface area (Å²) in [6, 6.07) is 5.63. The number of aryl methyl sites for hydroxylation is 1. The molecule has 2 bridgehead atoms. The van der Waals surface area contributed by atoms with Gasteiger partial charge in [0.05, 0.1) is 17.4 Å². The molecule has 3 aliphatic rings. The summed E-state index contributed by atoms with van der Waals surface area (Å²) in [5.41, 5.74) is 2.23. The third-order valence-corrected chi connectivity index (χ3v) is 4.67. The van der Waals surface area contributed by atoms with Gasteiger partial charge in [-0.05, 0) is 31.4 Å². The Labute approximate surface area is 112 Å². The van der Waals surface area contributed by atoms with Crippen LogP contribution in [0.2, 0.25) is 0 Å². The molecular weight excluding hydrogens is 242 g/mol. The van der Waals surface area contributed by atoms with Gasteiger partial charge in [-0.2, -0.15) is 0 Å². The van der Waals surface area contributed by atoms with Gasteiger partial charge in [0.1, 0.15) is 0 Å². The van der Waals surface area contributed by atoms with Crippen molar-refractivity contribution >= 4 is 11.9 Å². The molecule has 1 aromatic rings. The monoisotopic (exact) mass is 259 g/mol. The molecule has 1 N–H and O–H groups in total. The Morgan fingerprint density at radius 1 is 1.42 bits per heavy atom. The molecule has 0 saturated carbocycles. The number of likely N-dealkylation sites (N-methyl/N-ethyl adjacent to an activating group) is 1. The summed E-state index contributed by atoms with van der Waals surface area (Å²) >= 11 is 0. The summed E-state index contributed by atoms with van der Waals surface area (Å²) in [5.74, 6) is -1.10. The number of carbonyl (C=O) groups excluding carboxylic acids is 1. The summed E-state index contributed by atoms with van der Waals surface area (Å²) in [6.07, 6.45) is 0.395. The highest BCUT2D eigenvalue weighted by atomic mass is 16.4. The van der Waals surface area contributed by atoms with E-state index in [-0.39, 0.29) is 17.9 Å². The van der Waals surface area contributed by atoms with E-state index in [0.717, 1.165) is 16.7 Å². The van der Waals surface area contributed by atoms with Gasteiger partial charge in [-0.15, -0.1) is 0 Å². The van der Waals surface area contributed by atoms with Crippen LogP contribution in [-0.4, -0.2) is 28.9 Å². The first-order valence-electron chi connectivity index (χ1n) is 6.47. The summed E-state index contributed by atoms with van der Waals surface area (Å²) < 4.78 is 0. The SMILES string of the molecule is Cc1ccc2c(c1)[C@@H]1C[C@@](C)(C(=O)O)C2N(C)C1=O. The van der Waals surface area contributed by atoms with Crippen molar-refractivity contribution in [1.29, 1.82) is 0 Å². The zero-order valence-electron chi connectivity index (χ0n) is 11.3. The third kappa shape index (κ3) is 1.40. The van der Waals surface area contributed by atoms with E-state index in [0.29, 0.717) is 6.42 Å². The van der Waals surface area contributed by atoms with E-state index >= 15 is 0 Å². The Morgan fingerprint density at radius 2 is 2.11 bits per heavy atom. The fourth-order valence-corrected chi connectivity index (χ4v) is 3.67. The highest BCUT2D eigenvalue weighted by Gasteiger charge is 2.57. The lowest BCUT2D eigenvalue weighted by Gasteiger charge is -2.52. The summed E-state index contributed by atoms with van der Waals surface area (Å²) in [7, 11) is 1.71. The van der Waals surface area contributed by atoms with Crippen molar-refractivity contribution in [3.05, 3.63) is 34.9 Å². The second-order valence-electron chi connectivity index (χ2n) is 5.96. The van der Waals surface area contributed by atoms with E-state index in [9.17, 15) is 14.7 Å². The van der Waals surface area contributed by atoms with Crippen LogP contribution in [0.15, 0.2) is 18.2 Å². The minimum absolute atomic E-state index is 0.0434. The molecule has 1 saturated heterocycles. The van der Waals surface area contributed by atoms with Crippen LogP contribution >= 0.6 is 0 Å². The average molecular weight is 259 g/mol. The van der Waals surface area contributed by atoms with Crippen LogP contribution in [0.1, 0.15) is 42.0 Å². The van der Waals surface area contributed by atoms with Crippen molar-refractivity contribution in [3.63, 3.8) is 0 Å². The molecule has 1 fully saturated rings. The quantitative estimate of drug-likeness (QED) is 0.840. The molecule has 2 heterocycles. The van der Waals surface area contributed by atoms with Gasteiger partial charge < -0.3 is 10.0 Å². The Balaban J connectivity index is 2.25. The number of hydrogen-bond donors (Lipinski definition) is 1. The van der Waals surface area contributed by atoms with Crippen LogP contribution in [0.3, 0.4) is 0 Å². The van der Waals surface area contributed by atoms with Gasteiger partial charge in [0.25, 0.3) is 0 Å². The van der Waals surface area contributed by atoms with Crippen molar-refractivity contribution in [2.45, 2.75) is 32.2 Å². The van der Waals surface area contributed by atoms with E-state index in [1.807, 2.05) is 25.1 Å². The first kappa shape index (κ1) is 12.2. The summed E-state index contributed by atoms with van der Waals surface area (Å²) in [6.45, 7) is 3.74. The number of rotatable bonds is 1. The second-order valence-corrected chi connectivity index (χ2v) is 5.96. The molecule has 0 spiro atoms. The number of carbonyl (C=O) groups is 2. The molecule has 0 radical (unpaired) electrons. The van der Waals surface area contributed by atoms with E-state index in [1.54, 1.807) is 18.9 Å². The fourth-order valence-electron chi connectivity index (χ4n) is 3.67. The molecule has 19 heavy (non-hydrogen) atoms. The number of aliphatic carboxylic acids is 1. The van der Waals surface area contributed by atoms with E-state index < -0.39 is 11.4 Å². The zero-order chi connectivity index (χ0) is 13.9. The topological polar surface area (TPSA) is 57.6 Å². The van der Waals surface area contributed by atoms with Gasteiger partial charge in [-0.25, -0.2) is 0 Å². The average Bonchev–Trinajstić information content (AvgIpc) is 2.35. The van der Waals surface area contributed by atoms with Crippen LogP contribution in [0, 0.1) is 12.3 Å². The smallest absolute Gasteiger partial charge is 0.311 e. The van der Waals surface area contributed by atoms with Crippen LogP contribution in [0.4, 0.5) is 0 Å². The number of amides is 1. The largest absolute Gasteiger partial charge is 0.481 e. The normalized spacial score (nSPS) is 32.4. The molecule has 4 heteroatoms. The standard InChI is InChI=1S/C15H17NO3/c1-8-4-5-9-10(6-8)11-7-15(2,14(18)19)12(9)16(3)13(11)17/h4-6,11-12H,7H2,1-3H3,(H,18,19)/t11-,12?,15+/m0/s1. The van der Waals surface area contributed by atoms with Crippen molar-refractivity contribution in [2.24, 2.45) is 5.41 Å². The fraction of sp³-hybridized carbons (Fsp3) is 0.467. The van der Waals surface area contributed by atoms with Crippen molar-refractivity contribution < 1.29 is 14.7 Å². The lowest BCUT2D eigenvalue weighted by Crippen LogP contribution is -2.56. The maximum atomic E-state index is 12.3. The van der Waals surface area contributed by atoms with Gasteiger partial charge in [-0.1, -0.05) is 23.8 Å². The van der Waals surface area contributed by atoms with E-state index in [2.05, 4.69) is 0 Å². The Bertz CT molecular complexity index is 595. The second kappa shape index (κ2) is 3.59.